The van der Waals surface area contributed by atoms with Crippen LogP contribution in [0.4, 0.5) is 0 Å². The molecule has 2 fully saturated rings. The minimum Gasteiger partial charge on any atom is -0.483 e. The minimum atomic E-state index is -4.14. The van der Waals surface area contributed by atoms with Gasteiger partial charge in [-0.15, -0.1) is 11.3 Å². The number of nitrogens with one attached hydrogen (secondary N) is 1. The third kappa shape index (κ3) is 5.43. The average molecular weight is 577 g/mol. The first kappa shape index (κ1) is 26.6. The van der Waals surface area contributed by atoms with Gasteiger partial charge >= 0.3 is 5.97 Å². The van der Waals surface area contributed by atoms with Crippen LogP contribution in [0.1, 0.15) is 17.9 Å². The molecule has 0 radical (unpaired) electrons. The molecule has 0 bridgehead atoms. The van der Waals surface area contributed by atoms with Crippen molar-refractivity contribution in [2.75, 3.05) is 32.9 Å². The van der Waals surface area contributed by atoms with E-state index in [0.29, 0.717) is 47.5 Å². The molecule has 1 amide bonds. The van der Waals surface area contributed by atoms with Crippen molar-refractivity contribution in [2.24, 2.45) is 0 Å². The highest BCUT2D eigenvalue weighted by Crippen LogP contribution is 2.55. The van der Waals surface area contributed by atoms with E-state index in [9.17, 15) is 23.1 Å². The molecule has 2 aliphatic rings. The van der Waals surface area contributed by atoms with E-state index in [1.807, 2.05) is 0 Å². The molecule has 38 heavy (non-hydrogen) atoms. The van der Waals surface area contributed by atoms with Crippen LogP contribution in [0.15, 0.2) is 64.9 Å². The van der Waals surface area contributed by atoms with Gasteiger partial charge in [-0.05, 0) is 47.9 Å². The van der Waals surface area contributed by atoms with Gasteiger partial charge < -0.3 is 19.5 Å². The standard InChI is InChI=1S/C26H25ClN2O7S2/c27-18-7-5-17(6-8-18)22-9-10-24(37-22)38(33,34)28-26(25(31)32)15-20(26)19-3-1-2-4-21(19)36-16-23(30)29-11-13-35-14-12-29/h1-10,20,28H,11-16H2,(H,31,32). The maximum atomic E-state index is 13.3. The van der Waals surface area contributed by atoms with Gasteiger partial charge in [0.1, 0.15) is 15.5 Å². The normalized spacial score (nSPS) is 21.2. The van der Waals surface area contributed by atoms with E-state index in [1.165, 1.54) is 6.07 Å². The number of carboxylic acids is 1. The summed E-state index contributed by atoms with van der Waals surface area (Å²) in [6, 6.07) is 16.9. The zero-order chi connectivity index (χ0) is 26.9. The molecule has 3 aromatic rings. The number of carbonyl (C=O) groups is 2. The lowest BCUT2D eigenvalue weighted by Gasteiger charge is -2.27. The van der Waals surface area contributed by atoms with Gasteiger partial charge in [0.05, 0.1) is 13.2 Å². The molecule has 1 saturated heterocycles. The Morgan fingerprint density at radius 3 is 2.53 bits per heavy atom. The van der Waals surface area contributed by atoms with E-state index in [1.54, 1.807) is 59.5 Å². The second-order valence-electron chi connectivity index (χ2n) is 9.08. The summed E-state index contributed by atoms with van der Waals surface area (Å²) in [5.41, 5.74) is -0.395. The lowest BCUT2D eigenvalue weighted by atomic mass is 10.1. The molecule has 0 spiro atoms. The molecule has 1 aromatic heterocycles. The van der Waals surface area contributed by atoms with Crippen LogP contribution in [0.3, 0.4) is 0 Å². The summed E-state index contributed by atoms with van der Waals surface area (Å²) >= 11 is 6.98. The number of carbonyl (C=O) groups excluding carboxylic acids is 1. The molecule has 2 atom stereocenters. The molecule has 9 nitrogen and oxygen atoms in total. The van der Waals surface area contributed by atoms with Crippen molar-refractivity contribution in [3.8, 4) is 16.2 Å². The number of morpholine rings is 1. The number of benzene rings is 2. The summed E-state index contributed by atoms with van der Waals surface area (Å²) in [5, 5.41) is 10.7. The monoisotopic (exact) mass is 576 g/mol. The average Bonchev–Trinajstić information content (AvgIpc) is 3.39. The zero-order valence-corrected chi connectivity index (χ0v) is 22.5. The van der Waals surface area contributed by atoms with Gasteiger partial charge in [-0.25, -0.2) is 8.42 Å². The van der Waals surface area contributed by atoms with E-state index < -0.39 is 27.4 Å². The molecule has 1 saturated carbocycles. The maximum absolute atomic E-state index is 13.3. The van der Waals surface area contributed by atoms with Crippen molar-refractivity contribution < 1.29 is 32.6 Å². The second kappa shape index (κ2) is 10.7. The zero-order valence-electron chi connectivity index (χ0n) is 20.1. The number of sulfonamides is 1. The first-order valence-corrected chi connectivity index (χ1v) is 14.6. The lowest BCUT2D eigenvalue weighted by molar-refractivity contribution is -0.140. The Morgan fingerprint density at radius 1 is 1.11 bits per heavy atom. The molecule has 200 valence electrons. The van der Waals surface area contributed by atoms with Crippen LogP contribution in [-0.4, -0.2) is 68.7 Å². The summed E-state index contributed by atoms with van der Waals surface area (Å²) in [6.45, 7) is 1.70. The quantitative estimate of drug-likeness (QED) is 0.399. The number of hydrogen-bond acceptors (Lipinski definition) is 7. The number of amides is 1. The molecular formula is C26H25ClN2O7S2. The summed E-state index contributed by atoms with van der Waals surface area (Å²) in [7, 11) is -4.14. The van der Waals surface area contributed by atoms with Crippen molar-refractivity contribution in [3.63, 3.8) is 0 Å². The van der Waals surface area contributed by atoms with Gasteiger partial charge in [0.15, 0.2) is 6.61 Å². The van der Waals surface area contributed by atoms with Crippen LogP contribution >= 0.6 is 22.9 Å². The van der Waals surface area contributed by atoms with Gasteiger partial charge in [0, 0.05) is 28.9 Å². The number of carboxylic acid groups (broad SMARTS) is 1. The van der Waals surface area contributed by atoms with Gasteiger partial charge in [-0.1, -0.05) is 41.9 Å². The van der Waals surface area contributed by atoms with Crippen molar-refractivity contribution in [2.45, 2.75) is 22.1 Å². The number of nitrogens with zero attached hydrogens (tertiary/aromatic N) is 1. The second-order valence-corrected chi connectivity index (χ2v) is 12.5. The van der Waals surface area contributed by atoms with Crippen molar-refractivity contribution in [1.29, 1.82) is 0 Å². The molecule has 2 aromatic carbocycles. The summed E-state index contributed by atoms with van der Waals surface area (Å²) in [4.78, 5) is 27.3. The first-order chi connectivity index (χ1) is 18.2. The lowest BCUT2D eigenvalue weighted by Crippen LogP contribution is -2.44. The Kier molecular flexibility index (Phi) is 7.47. The molecule has 12 heteroatoms. The number of hydrogen-bond donors (Lipinski definition) is 2. The van der Waals surface area contributed by atoms with Crippen LogP contribution in [0, 0.1) is 0 Å². The molecular weight excluding hydrogens is 552 g/mol. The van der Waals surface area contributed by atoms with Crippen molar-refractivity contribution >= 4 is 44.8 Å². The van der Waals surface area contributed by atoms with Gasteiger partial charge in [-0.3, -0.25) is 9.59 Å². The fraction of sp³-hybridized carbons (Fsp3) is 0.308. The molecule has 5 rings (SSSR count). The molecule has 2 N–H and O–H groups in total. The van der Waals surface area contributed by atoms with Gasteiger partial charge in [-0.2, -0.15) is 4.72 Å². The summed E-state index contributed by atoms with van der Waals surface area (Å²) in [6.07, 6.45) is 0.0504. The predicted octanol–water partition coefficient (Wildman–Crippen LogP) is 3.60. The highest BCUT2D eigenvalue weighted by atomic mass is 35.5. The Balaban J connectivity index is 1.33. The Hall–Kier alpha value is -2.96. The SMILES string of the molecule is O=C(COc1ccccc1C1CC1(NS(=O)(=O)c1ccc(-c2ccc(Cl)cc2)s1)C(=O)O)N1CCOCC1. The third-order valence-corrected chi connectivity index (χ3v) is 10.0. The van der Waals surface area contributed by atoms with E-state index >= 15 is 0 Å². The Labute approximate surface area is 229 Å². The van der Waals surface area contributed by atoms with Crippen LogP contribution < -0.4 is 9.46 Å². The largest absolute Gasteiger partial charge is 0.483 e. The predicted molar refractivity (Wildman–Crippen MR) is 142 cm³/mol. The first-order valence-electron chi connectivity index (χ1n) is 11.9. The molecule has 2 unspecified atom stereocenters. The smallest absolute Gasteiger partial charge is 0.325 e. The number of rotatable bonds is 9. The van der Waals surface area contributed by atoms with Crippen LogP contribution in [-0.2, 0) is 24.3 Å². The third-order valence-electron chi connectivity index (χ3n) is 6.64. The van der Waals surface area contributed by atoms with Crippen molar-refractivity contribution in [1.82, 2.24) is 9.62 Å². The maximum Gasteiger partial charge on any atom is 0.325 e. The molecule has 2 heterocycles. The van der Waals surface area contributed by atoms with E-state index in [4.69, 9.17) is 21.1 Å². The fourth-order valence-electron chi connectivity index (χ4n) is 4.50. The number of para-hydroxylation sites is 1. The van der Waals surface area contributed by atoms with Crippen molar-refractivity contribution in [3.05, 3.63) is 71.2 Å². The van der Waals surface area contributed by atoms with Gasteiger partial charge in [0.2, 0.25) is 0 Å². The van der Waals surface area contributed by atoms with E-state index in [0.717, 1.165) is 16.9 Å². The Bertz CT molecular complexity index is 1450. The molecule has 1 aliphatic heterocycles. The van der Waals surface area contributed by atoms with Gasteiger partial charge in [0.25, 0.3) is 15.9 Å². The van der Waals surface area contributed by atoms with Crippen LogP contribution in [0.2, 0.25) is 5.02 Å². The summed E-state index contributed by atoms with van der Waals surface area (Å²) < 4.78 is 40.0. The van der Waals surface area contributed by atoms with E-state index in [2.05, 4.69) is 4.72 Å². The topological polar surface area (TPSA) is 122 Å². The van der Waals surface area contributed by atoms with E-state index in [-0.39, 0.29) is 23.1 Å². The summed E-state index contributed by atoms with van der Waals surface area (Å²) in [5.74, 6) is -1.79. The highest BCUT2D eigenvalue weighted by molar-refractivity contribution is 7.91. The minimum absolute atomic E-state index is 0.00867. The number of thiophene rings is 1. The number of aliphatic carboxylic acids is 1. The van der Waals surface area contributed by atoms with Crippen LogP contribution in [0.25, 0.3) is 10.4 Å². The Morgan fingerprint density at radius 2 is 1.82 bits per heavy atom. The highest BCUT2D eigenvalue weighted by Gasteiger charge is 2.64. The number of halogens is 1. The fourth-order valence-corrected chi connectivity index (χ4v) is 7.34. The number of ether oxygens (including phenoxy) is 2. The molecule has 1 aliphatic carbocycles. The van der Waals surface area contributed by atoms with Crippen LogP contribution in [0.5, 0.6) is 5.75 Å².